The molecule has 0 saturated heterocycles. The van der Waals surface area contributed by atoms with Crippen molar-refractivity contribution in [2.45, 2.75) is 42.2 Å². The first-order valence-corrected chi connectivity index (χ1v) is 17.6. The molecule has 0 saturated carbocycles. The van der Waals surface area contributed by atoms with Gasteiger partial charge in [-0.15, -0.1) is 0 Å². The number of nitrogens with zero attached hydrogens (tertiary/aromatic N) is 1. The fourth-order valence-corrected chi connectivity index (χ4v) is 10.6. The summed E-state index contributed by atoms with van der Waals surface area (Å²) >= 11 is -0.564. The van der Waals surface area contributed by atoms with Crippen molar-refractivity contribution in [1.82, 2.24) is 3.71 Å². The number of sulfonamides is 2. The molecule has 220 valence electrons. The second kappa shape index (κ2) is 13.3. The predicted molar refractivity (Wildman–Crippen MR) is 159 cm³/mol. The van der Waals surface area contributed by atoms with Gasteiger partial charge in [0.15, 0.2) is 0 Å². The minimum atomic E-state index is -4.78. The number of alkyl halides is 3. The molecule has 0 atom stereocenters. The summed E-state index contributed by atoms with van der Waals surface area (Å²) in [5.74, 6) is 0. The molecule has 0 aliphatic rings. The molecule has 0 amide bonds. The Hall–Kier alpha value is -3.37. The zero-order chi connectivity index (χ0) is 30.4. The number of hydrogen-bond donors (Lipinski definition) is 0. The molecule has 42 heavy (non-hydrogen) atoms. The third-order valence-corrected chi connectivity index (χ3v) is 12.8. The van der Waals surface area contributed by atoms with Crippen LogP contribution >= 0.6 is 0 Å². The third kappa shape index (κ3) is 7.15. The van der Waals surface area contributed by atoms with E-state index in [0.717, 1.165) is 35.1 Å². The molecule has 0 aliphatic heterocycles. The van der Waals surface area contributed by atoms with Crippen molar-refractivity contribution in [3.05, 3.63) is 131 Å². The number of allylic oxidation sites excluding steroid dienone is 1. The average Bonchev–Trinajstić information content (AvgIpc) is 2.99. The maximum absolute atomic E-state index is 14.4. The molecule has 11 heteroatoms. The zero-order valence-electron chi connectivity index (χ0n) is 22.5. The summed E-state index contributed by atoms with van der Waals surface area (Å²) in [7, 11) is -9.56. The van der Waals surface area contributed by atoms with Gasteiger partial charge in [0, 0.05) is 0 Å². The van der Waals surface area contributed by atoms with Crippen molar-refractivity contribution in [1.29, 1.82) is 0 Å². The molecule has 4 aromatic carbocycles. The first kappa shape index (κ1) is 31.6. The van der Waals surface area contributed by atoms with Gasteiger partial charge < -0.3 is 0 Å². The fourth-order valence-electron chi connectivity index (χ4n) is 4.12. The van der Waals surface area contributed by atoms with Gasteiger partial charge in [0.05, 0.1) is 0 Å². The monoisotopic (exact) mass is 679 g/mol. The summed E-state index contributed by atoms with van der Waals surface area (Å²) in [5, 5.41) is 0. The van der Waals surface area contributed by atoms with Crippen LogP contribution in [-0.4, -0.2) is 35.5 Å². The van der Waals surface area contributed by atoms with Crippen LogP contribution in [0.4, 0.5) is 13.2 Å². The molecule has 0 spiro atoms. The van der Waals surface area contributed by atoms with Crippen LogP contribution in [-0.2, 0) is 26.2 Å². The van der Waals surface area contributed by atoms with E-state index in [4.69, 9.17) is 0 Å². The quantitative estimate of drug-likeness (QED) is 0.166. The van der Waals surface area contributed by atoms with E-state index in [-0.39, 0.29) is 21.1 Å². The molecule has 5 nitrogen and oxygen atoms in total. The average molecular weight is 679 g/mol. The SMILES string of the molecule is CCCC/C([Se]c1ccccc1)=C(/c1ccc(C(F)(F)F)cc1)N(S(=O)(=O)c1ccccc1)S(=O)(=O)c1ccccc1. The van der Waals surface area contributed by atoms with Gasteiger partial charge in [0.25, 0.3) is 0 Å². The van der Waals surface area contributed by atoms with Crippen LogP contribution in [0.3, 0.4) is 0 Å². The minimum absolute atomic E-state index is 0.0471. The Morgan fingerprint density at radius 2 is 1.14 bits per heavy atom. The Kier molecular flexibility index (Phi) is 9.99. The van der Waals surface area contributed by atoms with E-state index in [1.807, 2.05) is 37.3 Å². The molecule has 0 N–H and O–H groups in total. The summed E-state index contributed by atoms with van der Waals surface area (Å²) in [6.45, 7) is 1.95. The first-order valence-electron chi connectivity index (χ1n) is 13.0. The molecule has 0 bridgehead atoms. The van der Waals surface area contributed by atoms with Crippen LogP contribution in [0.1, 0.15) is 37.3 Å². The van der Waals surface area contributed by atoms with Gasteiger partial charge >= 0.3 is 252 Å². The van der Waals surface area contributed by atoms with Crippen molar-refractivity contribution in [3.8, 4) is 0 Å². The molecule has 0 heterocycles. The Labute approximate surface area is 251 Å². The van der Waals surface area contributed by atoms with Crippen molar-refractivity contribution in [2.24, 2.45) is 0 Å². The topological polar surface area (TPSA) is 71.5 Å². The second-order valence-corrected chi connectivity index (χ2v) is 15.5. The van der Waals surface area contributed by atoms with Gasteiger partial charge in [-0.1, -0.05) is 0 Å². The Balaban J connectivity index is 2.11. The van der Waals surface area contributed by atoms with Gasteiger partial charge in [-0.05, 0) is 0 Å². The van der Waals surface area contributed by atoms with E-state index in [1.54, 1.807) is 12.1 Å². The summed E-state index contributed by atoms with van der Waals surface area (Å²) in [6, 6.07) is 27.5. The number of unbranched alkanes of at least 4 members (excludes halogenated alkanes) is 1. The van der Waals surface area contributed by atoms with Crippen LogP contribution in [0.15, 0.2) is 130 Å². The number of halogens is 3. The molecule has 0 unspecified atom stereocenters. The van der Waals surface area contributed by atoms with Gasteiger partial charge in [0.2, 0.25) is 0 Å². The van der Waals surface area contributed by atoms with E-state index < -0.39 is 46.7 Å². The van der Waals surface area contributed by atoms with E-state index in [2.05, 4.69) is 0 Å². The molecule has 0 radical (unpaired) electrons. The van der Waals surface area contributed by atoms with E-state index >= 15 is 0 Å². The van der Waals surface area contributed by atoms with Crippen LogP contribution in [0.25, 0.3) is 5.70 Å². The molecule has 4 rings (SSSR count). The van der Waals surface area contributed by atoms with E-state index in [0.29, 0.717) is 21.0 Å². The summed E-state index contributed by atoms with van der Waals surface area (Å²) in [4.78, 5) is -0.535. The van der Waals surface area contributed by atoms with Crippen LogP contribution in [0.2, 0.25) is 0 Å². The molecule has 0 fully saturated rings. The fraction of sp³-hybridized carbons (Fsp3) is 0.161. The van der Waals surface area contributed by atoms with Crippen LogP contribution in [0, 0.1) is 0 Å². The molecule has 4 aromatic rings. The number of benzene rings is 4. The molecular weight excluding hydrogens is 650 g/mol. The number of hydrogen-bond acceptors (Lipinski definition) is 4. The Bertz CT molecular complexity index is 1660. The van der Waals surface area contributed by atoms with E-state index in [1.165, 1.54) is 48.5 Å². The van der Waals surface area contributed by atoms with Crippen LogP contribution < -0.4 is 4.46 Å². The van der Waals surface area contributed by atoms with Crippen molar-refractivity contribution >= 4 is 45.2 Å². The summed E-state index contributed by atoms with van der Waals surface area (Å²) in [5.41, 5.74) is -1.04. The van der Waals surface area contributed by atoms with Gasteiger partial charge in [-0.25, -0.2) is 0 Å². The normalized spacial score (nSPS) is 13.0. The summed E-state index contributed by atoms with van der Waals surface area (Å²) < 4.78 is 99.8. The van der Waals surface area contributed by atoms with E-state index in [9.17, 15) is 30.0 Å². The van der Waals surface area contributed by atoms with Gasteiger partial charge in [0.1, 0.15) is 0 Å². The molecular formula is C31H28F3NO4S2Se. The van der Waals surface area contributed by atoms with Crippen molar-refractivity contribution < 1.29 is 30.0 Å². The van der Waals surface area contributed by atoms with Crippen LogP contribution in [0.5, 0.6) is 0 Å². The van der Waals surface area contributed by atoms with Gasteiger partial charge in [-0.2, -0.15) is 0 Å². The standard InChI is InChI=1S/C31H28F3NO4S2Se/c1-2-3-19-29(42-28-17-11-6-12-18-28)30(24-20-22-25(23-21-24)31(32,33)34)35(40(36,37)26-13-7-4-8-14-26)41(38,39)27-15-9-5-10-16-27/h4-18,20-23H,2-3,19H2,1H3/b30-29+. The van der Waals surface area contributed by atoms with Crippen molar-refractivity contribution in [3.63, 3.8) is 0 Å². The third-order valence-electron chi connectivity index (χ3n) is 6.19. The summed E-state index contributed by atoms with van der Waals surface area (Å²) in [6.07, 6.45) is -2.95. The Morgan fingerprint density at radius 3 is 1.57 bits per heavy atom. The van der Waals surface area contributed by atoms with Gasteiger partial charge in [-0.3, -0.25) is 0 Å². The predicted octanol–water partition coefficient (Wildman–Crippen LogP) is 6.67. The van der Waals surface area contributed by atoms with Crippen molar-refractivity contribution in [2.75, 3.05) is 0 Å². The first-order chi connectivity index (χ1) is 20.0. The zero-order valence-corrected chi connectivity index (χ0v) is 25.9. The second-order valence-electron chi connectivity index (χ2n) is 9.20. The maximum atomic E-state index is 14.4. The Morgan fingerprint density at radius 1 is 0.690 bits per heavy atom. The number of rotatable bonds is 11. The molecule has 0 aliphatic carbocycles. The molecule has 0 aromatic heterocycles.